The largest absolute Gasteiger partial charge is 0.480 e. The van der Waals surface area contributed by atoms with Crippen LogP contribution in [0.3, 0.4) is 0 Å². The van der Waals surface area contributed by atoms with E-state index < -0.39 is 22.0 Å². The van der Waals surface area contributed by atoms with Crippen molar-refractivity contribution >= 4 is 43.3 Å². The molecule has 19 heavy (non-hydrogen) atoms. The number of nitrogens with one attached hydrogen (secondary N) is 1. The molecule has 0 fully saturated rings. The summed E-state index contributed by atoms with van der Waals surface area (Å²) in [7, 11) is -3.83. The fraction of sp³-hybridized carbons (Fsp3) is 0.545. The molecule has 0 saturated heterocycles. The number of rotatable bonds is 6. The number of aliphatic carboxylic acids is 1. The summed E-state index contributed by atoms with van der Waals surface area (Å²) >= 11 is 4.28. The standard InChI is InChI=1S/C11H16BrNO4S2/c1-4-6(2)9(10(14)15)13-19(16,17)11-8(12)5-7(3)18-11/h5-6,9,13H,4H2,1-3H3,(H,14,15)/t6-,9-/m0/s1. The van der Waals surface area contributed by atoms with Crippen LogP contribution in [0.5, 0.6) is 0 Å². The van der Waals surface area contributed by atoms with E-state index >= 15 is 0 Å². The Kier molecular flexibility index (Phi) is 5.54. The molecule has 1 rings (SSSR count). The third kappa shape index (κ3) is 4.01. The minimum Gasteiger partial charge on any atom is -0.480 e. The molecule has 8 heteroatoms. The summed E-state index contributed by atoms with van der Waals surface area (Å²) in [5.41, 5.74) is 0. The van der Waals surface area contributed by atoms with E-state index in [-0.39, 0.29) is 10.1 Å². The molecule has 0 aliphatic carbocycles. The molecule has 1 heterocycles. The van der Waals surface area contributed by atoms with Crippen LogP contribution in [0.4, 0.5) is 0 Å². The van der Waals surface area contributed by atoms with Gasteiger partial charge in [-0.3, -0.25) is 4.79 Å². The van der Waals surface area contributed by atoms with Gasteiger partial charge in [0.15, 0.2) is 0 Å². The van der Waals surface area contributed by atoms with Crippen LogP contribution in [0.1, 0.15) is 25.1 Å². The lowest BCUT2D eigenvalue weighted by molar-refractivity contribution is -0.140. The van der Waals surface area contributed by atoms with Gasteiger partial charge in [0, 0.05) is 9.35 Å². The topological polar surface area (TPSA) is 83.5 Å². The number of thiophene rings is 1. The number of aryl methyl sites for hydroxylation is 1. The average Bonchev–Trinajstić information content (AvgIpc) is 2.65. The van der Waals surface area contributed by atoms with E-state index in [9.17, 15) is 13.2 Å². The zero-order valence-corrected chi connectivity index (χ0v) is 14.0. The molecule has 0 amide bonds. The molecule has 0 bridgehead atoms. The highest BCUT2D eigenvalue weighted by Crippen LogP contribution is 2.31. The second kappa shape index (κ2) is 6.34. The molecule has 0 unspecified atom stereocenters. The molecular formula is C11H16BrNO4S2. The normalized spacial score (nSPS) is 15.2. The van der Waals surface area contributed by atoms with Gasteiger partial charge in [-0.2, -0.15) is 4.72 Å². The van der Waals surface area contributed by atoms with Crippen molar-refractivity contribution in [2.75, 3.05) is 0 Å². The van der Waals surface area contributed by atoms with Crippen LogP contribution in [-0.4, -0.2) is 25.5 Å². The third-order valence-corrected chi connectivity index (χ3v) is 6.96. The van der Waals surface area contributed by atoms with Gasteiger partial charge in [0.2, 0.25) is 0 Å². The summed E-state index contributed by atoms with van der Waals surface area (Å²) in [4.78, 5) is 12.0. The summed E-state index contributed by atoms with van der Waals surface area (Å²) < 4.78 is 27.2. The van der Waals surface area contributed by atoms with Gasteiger partial charge in [-0.25, -0.2) is 8.42 Å². The number of hydrogen-bond donors (Lipinski definition) is 2. The first kappa shape index (κ1) is 16.6. The van der Waals surface area contributed by atoms with Gasteiger partial charge >= 0.3 is 5.97 Å². The van der Waals surface area contributed by atoms with E-state index in [4.69, 9.17) is 5.11 Å². The first-order valence-corrected chi connectivity index (χ1v) is 8.79. The average molecular weight is 370 g/mol. The molecule has 2 N–H and O–H groups in total. The monoisotopic (exact) mass is 369 g/mol. The smallest absolute Gasteiger partial charge is 0.322 e. The Labute approximate surface area is 125 Å². The van der Waals surface area contributed by atoms with Crippen LogP contribution >= 0.6 is 27.3 Å². The predicted octanol–water partition coefficient (Wildman–Crippen LogP) is 2.60. The molecule has 0 aliphatic rings. The highest BCUT2D eigenvalue weighted by molar-refractivity contribution is 9.10. The summed E-state index contributed by atoms with van der Waals surface area (Å²) in [6.45, 7) is 5.31. The maximum atomic E-state index is 12.2. The van der Waals surface area contributed by atoms with Gasteiger partial charge in [-0.05, 0) is 34.8 Å². The summed E-state index contributed by atoms with van der Waals surface area (Å²) in [6.07, 6.45) is 0.574. The van der Waals surface area contributed by atoms with E-state index in [1.54, 1.807) is 19.9 Å². The van der Waals surface area contributed by atoms with E-state index in [1.165, 1.54) is 0 Å². The first-order chi connectivity index (χ1) is 8.69. The third-order valence-electron chi connectivity index (χ3n) is 2.78. The van der Waals surface area contributed by atoms with Crippen LogP contribution in [0.25, 0.3) is 0 Å². The Morgan fingerprint density at radius 2 is 2.16 bits per heavy atom. The van der Waals surface area contributed by atoms with Gasteiger partial charge < -0.3 is 5.11 Å². The molecule has 0 radical (unpaired) electrons. The lowest BCUT2D eigenvalue weighted by Gasteiger charge is -2.19. The van der Waals surface area contributed by atoms with Gasteiger partial charge in [-0.15, -0.1) is 11.3 Å². The number of halogens is 1. The quantitative estimate of drug-likeness (QED) is 0.806. The second-order valence-electron chi connectivity index (χ2n) is 4.32. The number of carboxylic acid groups (broad SMARTS) is 1. The molecule has 0 saturated carbocycles. The van der Waals surface area contributed by atoms with Crippen molar-refractivity contribution in [3.8, 4) is 0 Å². The highest BCUT2D eigenvalue weighted by Gasteiger charge is 2.31. The Morgan fingerprint density at radius 1 is 1.58 bits per heavy atom. The number of carboxylic acids is 1. The second-order valence-corrected chi connectivity index (χ2v) is 8.34. The molecule has 108 valence electrons. The molecule has 0 spiro atoms. The van der Waals surface area contributed by atoms with E-state index in [0.29, 0.717) is 10.9 Å². The Bertz CT molecular complexity index is 567. The minimum atomic E-state index is -3.83. The molecule has 1 aromatic heterocycles. The van der Waals surface area contributed by atoms with Gasteiger partial charge in [0.05, 0.1) is 0 Å². The van der Waals surface area contributed by atoms with Crippen molar-refractivity contribution in [3.63, 3.8) is 0 Å². The van der Waals surface area contributed by atoms with Crippen LogP contribution in [-0.2, 0) is 14.8 Å². The predicted molar refractivity (Wildman–Crippen MR) is 78.0 cm³/mol. The van der Waals surface area contributed by atoms with Crippen molar-refractivity contribution in [1.29, 1.82) is 0 Å². The Morgan fingerprint density at radius 3 is 2.53 bits per heavy atom. The van der Waals surface area contributed by atoms with E-state index in [0.717, 1.165) is 16.2 Å². The number of sulfonamides is 1. The molecule has 0 aliphatic heterocycles. The van der Waals surface area contributed by atoms with Crippen molar-refractivity contribution in [2.45, 2.75) is 37.4 Å². The van der Waals surface area contributed by atoms with Crippen molar-refractivity contribution in [2.24, 2.45) is 5.92 Å². The van der Waals surface area contributed by atoms with Gasteiger partial charge in [-0.1, -0.05) is 20.3 Å². The van der Waals surface area contributed by atoms with Crippen molar-refractivity contribution in [3.05, 3.63) is 15.4 Å². The van der Waals surface area contributed by atoms with E-state index in [2.05, 4.69) is 20.7 Å². The number of hydrogen-bond acceptors (Lipinski definition) is 4. The minimum absolute atomic E-state index is 0.111. The zero-order valence-electron chi connectivity index (χ0n) is 10.8. The summed E-state index contributed by atoms with van der Waals surface area (Å²) in [6, 6.07) is 0.572. The van der Waals surface area contributed by atoms with Crippen LogP contribution in [0.2, 0.25) is 0 Å². The molecule has 2 atom stereocenters. The SMILES string of the molecule is CC[C@H](C)[C@H](NS(=O)(=O)c1sc(C)cc1Br)C(=O)O. The zero-order chi connectivity index (χ0) is 14.8. The fourth-order valence-electron chi connectivity index (χ4n) is 1.51. The fourth-order valence-corrected chi connectivity index (χ4v) is 5.58. The molecule has 5 nitrogen and oxygen atoms in total. The lowest BCUT2D eigenvalue weighted by Crippen LogP contribution is -2.44. The Hall–Kier alpha value is -0.440. The highest BCUT2D eigenvalue weighted by atomic mass is 79.9. The lowest BCUT2D eigenvalue weighted by atomic mass is 10.0. The Balaban J connectivity index is 3.08. The van der Waals surface area contributed by atoms with Crippen LogP contribution in [0, 0.1) is 12.8 Å². The maximum absolute atomic E-state index is 12.2. The summed E-state index contributed by atoms with van der Waals surface area (Å²) in [5, 5.41) is 9.12. The molecule has 0 aromatic carbocycles. The summed E-state index contributed by atoms with van der Waals surface area (Å²) in [5.74, 6) is -1.45. The van der Waals surface area contributed by atoms with Gasteiger partial charge in [0.25, 0.3) is 10.0 Å². The maximum Gasteiger partial charge on any atom is 0.322 e. The van der Waals surface area contributed by atoms with Crippen molar-refractivity contribution < 1.29 is 18.3 Å². The van der Waals surface area contributed by atoms with Gasteiger partial charge in [0.1, 0.15) is 10.3 Å². The van der Waals surface area contributed by atoms with Crippen LogP contribution in [0.15, 0.2) is 14.7 Å². The van der Waals surface area contributed by atoms with E-state index in [1.807, 2.05) is 6.92 Å². The number of carbonyl (C=O) groups is 1. The first-order valence-electron chi connectivity index (χ1n) is 5.70. The molecular weight excluding hydrogens is 354 g/mol. The van der Waals surface area contributed by atoms with Crippen molar-refractivity contribution in [1.82, 2.24) is 4.72 Å². The molecule has 1 aromatic rings. The van der Waals surface area contributed by atoms with Crippen LogP contribution < -0.4 is 4.72 Å².